The summed E-state index contributed by atoms with van der Waals surface area (Å²) in [4.78, 5) is 0. The Bertz CT molecular complexity index is 1000. The molecule has 0 spiro atoms. The van der Waals surface area contributed by atoms with Gasteiger partial charge in [-0.15, -0.1) is 0 Å². The number of hydrogen-bond acceptors (Lipinski definition) is 3. The third-order valence-electron chi connectivity index (χ3n) is 6.43. The molecule has 3 heteroatoms. The van der Waals surface area contributed by atoms with Crippen LogP contribution in [-0.4, -0.2) is 20.9 Å². The normalized spacial score (nSPS) is 17.8. The minimum atomic E-state index is -1.15. The molecule has 0 amide bonds. The van der Waals surface area contributed by atoms with Crippen molar-refractivity contribution in [1.29, 1.82) is 0 Å². The second kappa shape index (κ2) is 7.42. The van der Waals surface area contributed by atoms with E-state index in [1.165, 1.54) is 0 Å². The van der Waals surface area contributed by atoms with Crippen molar-refractivity contribution in [1.82, 2.24) is 0 Å². The summed E-state index contributed by atoms with van der Waals surface area (Å²) in [6.45, 7) is 3.98. The standard InChI is InChI=1S/C26H28O3/c1-3-25(28,4-2)16-20-12-15-22(19-8-6-5-7-9-19)24-23(20)26(24,29)21-13-10-18(17-27)11-14-21/h5-15,27-29H,3-4,16-17H2,1-2H3. The molecule has 1 aliphatic rings. The molecule has 0 saturated heterocycles. The molecule has 1 unspecified atom stereocenters. The number of benzene rings is 3. The molecule has 0 heterocycles. The summed E-state index contributed by atoms with van der Waals surface area (Å²) >= 11 is 0. The average Bonchev–Trinajstić information content (AvgIpc) is 3.42. The van der Waals surface area contributed by atoms with E-state index < -0.39 is 11.2 Å². The zero-order chi connectivity index (χ0) is 20.6. The Hall–Kier alpha value is -2.46. The zero-order valence-corrected chi connectivity index (χ0v) is 17.0. The van der Waals surface area contributed by atoms with Gasteiger partial charge < -0.3 is 15.3 Å². The fraction of sp³-hybridized carbons (Fsp3) is 0.308. The first kappa shape index (κ1) is 19.8. The van der Waals surface area contributed by atoms with Crippen LogP contribution in [0, 0.1) is 0 Å². The Morgan fingerprint density at radius 2 is 1.48 bits per heavy atom. The Labute approximate surface area is 172 Å². The third kappa shape index (κ3) is 3.29. The van der Waals surface area contributed by atoms with Crippen LogP contribution in [0.5, 0.6) is 0 Å². The highest BCUT2D eigenvalue weighted by atomic mass is 16.3. The van der Waals surface area contributed by atoms with Gasteiger partial charge in [-0.2, -0.15) is 0 Å². The van der Waals surface area contributed by atoms with Crippen LogP contribution in [0.3, 0.4) is 0 Å². The molecule has 3 aromatic rings. The Morgan fingerprint density at radius 1 is 0.828 bits per heavy atom. The molecule has 150 valence electrons. The Kier molecular flexibility index (Phi) is 5.07. The first-order valence-corrected chi connectivity index (χ1v) is 10.3. The number of aliphatic hydroxyl groups is 3. The lowest BCUT2D eigenvalue weighted by atomic mass is 9.88. The van der Waals surface area contributed by atoms with Crippen molar-refractivity contribution in [3.8, 4) is 11.1 Å². The topological polar surface area (TPSA) is 60.7 Å². The summed E-state index contributed by atoms with van der Waals surface area (Å²) in [5.41, 5.74) is 4.62. The van der Waals surface area contributed by atoms with Crippen molar-refractivity contribution in [2.75, 3.05) is 0 Å². The van der Waals surface area contributed by atoms with Crippen LogP contribution in [0.1, 0.15) is 54.5 Å². The van der Waals surface area contributed by atoms with Crippen LogP contribution in [0.15, 0.2) is 66.7 Å². The summed E-state index contributed by atoms with van der Waals surface area (Å²) < 4.78 is 0. The monoisotopic (exact) mass is 388 g/mol. The lowest BCUT2D eigenvalue weighted by Gasteiger charge is -2.25. The van der Waals surface area contributed by atoms with E-state index in [-0.39, 0.29) is 6.61 Å². The molecule has 0 bridgehead atoms. The van der Waals surface area contributed by atoms with Gasteiger partial charge in [0.05, 0.1) is 12.2 Å². The van der Waals surface area contributed by atoms with Gasteiger partial charge in [0.25, 0.3) is 0 Å². The molecule has 29 heavy (non-hydrogen) atoms. The molecular formula is C26H28O3. The van der Waals surface area contributed by atoms with Gasteiger partial charge in [-0.3, -0.25) is 0 Å². The van der Waals surface area contributed by atoms with Crippen LogP contribution in [-0.2, 0) is 18.6 Å². The maximum absolute atomic E-state index is 11.8. The summed E-state index contributed by atoms with van der Waals surface area (Å²) in [7, 11) is 0. The smallest absolute Gasteiger partial charge is 0.142 e. The average molecular weight is 389 g/mol. The quantitative estimate of drug-likeness (QED) is 0.557. The van der Waals surface area contributed by atoms with Crippen molar-refractivity contribution < 1.29 is 15.3 Å². The Balaban J connectivity index is 1.84. The van der Waals surface area contributed by atoms with E-state index in [2.05, 4.69) is 24.3 Å². The minimum absolute atomic E-state index is 0.0216. The number of rotatable bonds is 7. The minimum Gasteiger partial charge on any atom is -0.392 e. The van der Waals surface area contributed by atoms with Crippen molar-refractivity contribution in [3.63, 3.8) is 0 Å². The molecule has 0 radical (unpaired) electrons. The van der Waals surface area contributed by atoms with Gasteiger partial charge in [0, 0.05) is 17.5 Å². The van der Waals surface area contributed by atoms with Gasteiger partial charge in [-0.25, -0.2) is 0 Å². The van der Waals surface area contributed by atoms with Gasteiger partial charge in [0.1, 0.15) is 5.60 Å². The van der Waals surface area contributed by atoms with E-state index in [1.54, 1.807) is 0 Å². The second-order valence-electron chi connectivity index (χ2n) is 8.06. The van der Waals surface area contributed by atoms with E-state index in [4.69, 9.17) is 0 Å². The lowest BCUT2D eigenvalue weighted by Crippen LogP contribution is -2.29. The van der Waals surface area contributed by atoms with Gasteiger partial charge >= 0.3 is 0 Å². The van der Waals surface area contributed by atoms with Gasteiger partial charge in [-0.05, 0) is 40.7 Å². The highest BCUT2D eigenvalue weighted by Crippen LogP contribution is 2.58. The number of hydrogen-bond donors (Lipinski definition) is 3. The third-order valence-corrected chi connectivity index (χ3v) is 6.43. The van der Waals surface area contributed by atoms with E-state index in [1.807, 2.05) is 56.3 Å². The largest absolute Gasteiger partial charge is 0.392 e. The van der Waals surface area contributed by atoms with Crippen molar-refractivity contribution >= 4 is 0 Å². The van der Waals surface area contributed by atoms with Crippen LogP contribution in [0.4, 0.5) is 0 Å². The number of fused-ring (bicyclic) bond motifs is 1. The van der Waals surface area contributed by atoms with E-state index >= 15 is 0 Å². The molecule has 3 nitrogen and oxygen atoms in total. The first-order chi connectivity index (χ1) is 14.0. The summed E-state index contributed by atoms with van der Waals surface area (Å²) in [5, 5.41) is 32.0. The molecular weight excluding hydrogens is 360 g/mol. The first-order valence-electron chi connectivity index (χ1n) is 10.3. The maximum atomic E-state index is 11.8. The fourth-order valence-corrected chi connectivity index (χ4v) is 4.34. The molecule has 0 fully saturated rings. The predicted octanol–water partition coefficient (Wildman–Crippen LogP) is 4.54. The Morgan fingerprint density at radius 3 is 2.07 bits per heavy atom. The van der Waals surface area contributed by atoms with Crippen molar-refractivity contribution in [3.05, 3.63) is 94.5 Å². The molecule has 3 aromatic carbocycles. The fourth-order valence-electron chi connectivity index (χ4n) is 4.34. The van der Waals surface area contributed by atoms with Gasteiger partial charge in [0.2, 0.25) is 0 Å². The molecule has 4 rings (SSSR count). The van der Waals surface area contributed by atoms with Gasteiger partial charge in [0.15, 0.2) is 0 Å². The molecule has 1 atom stereocenters. The summed E-state index contributed by atoms with van der Waals surface area (Å²) in [6.07, 6.45) is 1.86. The van der Waals surface area contributed by atoms with Gasteiger partial charge in [-0.1, -0.05) is 80.6 Å². The van der Waals surface area contributed by atoms with E-state index in [0.717, 1.165) is 38.9 Å². The van der Waals surface area contributed by atoms with Crippen LogP contribution < -0.4 is 0 Å². The highest BCUT2D eigenvalue weighted by molar-refractivity contribution is 5.83. The van der Waals surface area contributed by atoms with E-state index in [9.17, 15) is 15.3 Å². The highest BCUT2D eigenvalue weighted by Gasteiger charge is 2.54. The zero-order valence-electron chi connectivity index (χ0n) is 17.0. The molecule has 0 aromatic heterocycles. The van der Waals surface area contributed by atoms with Crippen LogP contribution in [0.2, 0.25) is 0 Å². The SMILES string of the molecule is CCC(O)(CC)Cc1ccc(-c2ccccc2)c2c1C2(O)c1ccc(CO)cc1. The van der Waals surface area contributed by atoms with Crippen molar-refractivity contribution in [2.45, 2.75) is 50.9 Å². The summed E-state index contributed by atoms with van der Waals surface area (Å²) in [6, 6.07) is 21.7. The van der Waals surface area contributed by atoms with Crippen molar-refractivity contribution in [2.24, 2.45) is 0 Å². The summed E-state index contributed by atoms with van der Waals surface area (Å²) in [5.74, 6) is 0. The van der Waals surface area contributed by atoms with Crippen LogP contribution >= 0.6 is 0 Å². The maximum Gasteiger partial charge on any atom is 0.142 e. The molecule has 0 saturated carbocycles. The predicted molar refractivity (Wildman–Crippen MR) is 116 cm³/mol. The molecule has 3 N–H and O–H groups in total. The van der Waals surface area contributed by atoms with E-state index in [0.29, 0.717) is 19.3 Å². The lowest BCUT2D eigenvalue weighted by molar-refractivity contribution is 0.0323. The number of aliphatic hydroxyl groups excluding tert-OH is 1. The van der Waals surface area contributed by atoms with Crippen LogP contribution in [0.25, 0.3) is 11.1 Å². The molecule has 0 aliphatic heterocycles. The second-order valence-corrected chi connectivity index (χ2v) is 8.06. The molecule has 1 aliphatic carbocycles.